The topological polar surface area (TPSA) is 86.8 Å². The summed E-state index contributed by atoms with van der Waals surface area (Å²) in [6.07, 6.45) is 1.94. The lowest BCUT2D eigenvalue weighted by molar-refractivity contribution is -0.131. The minimum atomic E-state index is -0.638. The molecule has 28 heavy (non-hydrogen) atoms. The first-order valence-corrected chi connectivity index (χ1v) is 8.98. The van der Waals surface area contributed by atoms with Crippen LogP contribution < -0.4 is 16.0 Å². The number of amides is 1. The molecule has 2 aromatic rings. The molecule has 3 N–H and O–H groups in total. The fourth-order valence-electron chi connectivity index (χ4n) is 2.93. The molecule has 7 nitrogen and oxygen atoms in total. The van der Waals surface area contributed by atoms with Crippen molar-refractivity contribution >= 4 is 23.4 Å². The molecule has 3 rings (SSSR count). The Morgan fingerprint density at radius 1 is 1.18 bits per heavy atom. The van der Waals surface area contributed by atoms with Gasteiger partial charge in [0.25, 0.3) is 0 Å². The van der Waals surface area contributed by atoms with Gasteiger partial charge in [-0.2, -0.15) is 0 Å². The zero-order valence-electron chi connectivity index (χ0n) is 15.3. The quantitative estimate of drug-likeness (QED) is 0.603. The SMILES string of the molecule is NC(=NCCC(=O)N1CCN(c2ccccn2)CC1)Nc1cc(F)ccc1F. The van der Waals surface area contributed by atoms with Crippen molar-refractivity contribution in [3.05, 3.63) is 54.2 Å². The molecule has 0 bridgehead atoms. The van der Waals surface area contributed by atoms with E-state index in [0.29, 0.717) is 26.2 Å². The van der Waals surface area contributed by atoms with Crippen LogP contribution in [0.3, 0.4) is 0 Å². The molecular weight excluding hydrogens is 366 g/mol. The summed E-state index contributed by atoms with van der Waals surface area (Å²) in [5, 5.41) is 2.50. The Balaban J connectivity index is 1.44. The van der Waals surface area contributed by atoms with Gasteiger partial charge in [0.05, 0.1) is 12.2 Å². The van der Waals surface area contributed by atoms with Gasteiger partial charge >= 0.3 is 0 Å². The Bertz CT molecular complexity index is 838. The van der Waals surface area contributed by atoms with Crippen molar-refractivity contribution in [2.24, 2.45) is 10.7 Å². The number of nitrogens with one attached hydrogen (secondary N) is 1. The van der Waals surface area contributed by atoms with Crippen molar-refractivity contribution in [1.29, 1.82) is 0 Å². The fraction of sp³-hybridized carbons (Fsp3) is 0.316. The third-order valence-electron chi connectivity index (χ3n) is 4.40. The minimum absolute atomic E-state index is 0.0193. The van der Waals surface area contributed by atoms with Crippen LogP contribution in [0.4, 0.5) is 20.3 Å². The first-order valence-electron chi connectivity index (χ1n) is 8.98. The van der Waals surface area contributed by atoms with Crippen LogP contribution in [-0.2, 0) is 4.79 Å². The lowest BCUT2D eigenvalue weighted by Crippen LogP contribution is -2.49. The average Bonchev–Trinajstić information content (AvgIpc) is 2.71. The minimum Gasteiger partial charge on any atom is -0.370 e. The van der Waals surface area contributed by atoms with Gasteiger partial charge in [-0.3, -0.25) is 9.79 Å². The Hall–Kier alpha value is -3.23. The number of rotatable bonds is 5. The number of aliphatic imine (C=N–C) groups is 1. The summed E-state index contributed by atoms with van der Waals surface area (Å²) in [5.41, 5.74) is 5.58. The van der Waals surface area contributed by atoms with Gasteiger partial charge in [-0.1, -0.05) is 6.07 Å². The molecule has 0 aliphatic carbocycles. The molecule has 9 heteroatoms. The lowest BCUT2D eigenvalue weighted by Gasteiger charge is -2.35. The number of nitrogens with zero attached hydrogens (tertiary/aromatic N) is 4. The van der Waals surface area contributed by atoms with Crippen molar-refractivity contribution in [3.63, 3.8) is 0 Å². The van der Waals surface area contributed by atoms with Gasteiger partial charge in [0.2, 0.25) is 5.91 Å². The monoisotopic (exact) mass is 388 g/mol. The highest BCUT2D eigenvalue weighted by Crippen LogP contribution is 2.15. The molecule has 1 aromatic carbocycles. The third kappa shape index (κ3) is 5.15. The van der Waals surface area contributed by atoms with E-state index in [-0.39, 0.29) is 30.5 Å². The van der Waals surface area contributed by atoms with Crippen molar-refractivity contribution in [2.45, 2.75) is 6.42 Å². The molecule has 1 aliphatic rings. The van der Waals surface area contributed by atoms with Gasteiger partial charge < -0.3 is 20.9 Å². The molecule has 0 unspecified atom stereocenters. The van der Waals surface area contributed by atoms with Crippen LogP contribution in [0.15, 0.2) is 47.6 Å². The maximum absolute atomic E-state index is 13.6. The number of halogens is 2. The second kappa shape index (κ2) is 9.12. The van der Waals surface area contributed by atoms with Crippen molar-refractivity contribution in [1.82, 2.24) is 9.88 Å². The van der Waals surface area contributed by atoms with E-state index in [1.54, 1.807) is 11.1 Å². The number of pyridine rings is 1. The van der Waals surface area contributed by atoms with Crippen molar-refractivity contribution in [2.75, 3.05) is 42.9 Å². The number of aromatic nitrogens is 1. The number of carbonyl (C=O) groups is 1. The van der Waals surface area contributed by atoms with Gasteiger partial charge in [0.1, 0.15) is 17.5 Å². The zero-order valence-corrected chi connectivity index (χ0v) is 15.3. The lowest BCUT2D eigenvalue weighted by atomic mass is 10.2. The number of carbonyl (C=O) groups excluding carboxylic acids is 1. The van der Waals surface area contributed by atoms with Crippen molar-refractivity contribution in [3.8, 4) is 0 Å². The van der Waals surface area contributed by atoms with Crippen LogP contribution in [0.5, 0.6) is 0 Å². The summed E-state index contributed by atoms with van der Waals surface area (Å²) in [7, 11) is 0. The summed E-state index contributed by atoms with van der Waals surface area (Å²) in [6, 6.07) is 8.76. The maximum atomic E-state index is 13.6. The number of guanidine groups is 1. The van der Waals surface area contributed by atoms with Crippen LogP contribution >= 0.6 is 0 Å². The predicted octanol–water partition coefficient (Wildman–Crippen LogP) is 1.83. The maximum Gasteiger partial charge on any atom is 0.224 e. The third-order valence-corrected chi connectivity index (χ3v) is 4.40. The molecule has 1 amide bonds. The highest BCUT2D eigenvalue weighted by Gasteiger charge is 2.21. The predicted molar refractivity (Wildman–Crippen MR) is 104 cm³/mol. The number of hydrogen-bond donors (Lipinski definition) is 2. The first kappa shape index (κ1) is 19.5. The molecule has 148 valence electrons. The van der Waals surface area contributed by atoms with E-state index in [1.165, 1.54) is 0 Å². The van der Waals surface area contributed by atoms with Crippen molar-refractivity contribution < 1.29 is 13.6 Å². The number of hydrogen-bond acceptors (Lipinski definition) is 4. The van der Waals surface area contributed by atoms with Crippen LogP contribution in [0, 0.1) is 11.6 Å². The summed E-state index contributed by atoms with van der Waals surface area (Å²) >= 11 is 0. The van der Waals surface area contributed by atoms with Gasteiger partial charge in [-0.25, -0.2) is 13.8 Å². The number of nitrogens with two attached hydrogens (primary N) is 1. The molecule has 1 fully saturated rings. The molecule has 2 heterocycles. The van der Waals surface area contributed by atoms with Gasteiger partial charge in [-0.05, 0) is 24.3 Å². The van der Waals surface area contributed by atoms with E-state index in [9.17, 15) is 13.6 Å². The average molecular weight is 388 g/mol. The Morgan fingerprint density at radius 3 is 2.68 bits per heavy atom. The zero-order chi connectivity index (χ0) is 19.9. The van der Waals surface area contributed by atoms with E-state index >= 15 is 0 Å². The molecule has 1 aliphatic heterocycles. The van der Waals surface area contributed by atoms with E-state index in [4.69, 9.17) is 5.73 Å². The van der Waals surface area contributed by atoms with Crippen LogP contribution in [0.25, 0.3) is 0 Å². The van der Waals surface area contributed by atoms with E-state index in [1.807, 2.05) is 18.2 Å². The molecule has 0 radical (unpaired) electrons. The highest BCUT2D eigenvalue weighted by atomic mass is 19.1. The Labute approximate surface area is 161 Å². The van der Waals surface area contributed by atoms with Crippen LogP contribution in [-0.4, -0.2) is 54.5 Å². The second-order valence-corrected chi connectivity index (χ2v) is 6.32. The molecule has 0 saturated carbocycles. The fourth-order valence-corrected chi connectivity index (χ4v) is 2.93. The number of benzene rings is 1. The summed E-state index contributed by atoms with van der Waals surface area (Å²) in [4.78, 5) is 24.6. The molecule has 0 spiro atoms. The van der Waals surface area contributed by atoms with E-state index in [0.717, 1.165) is 24.0 Å². The highest BCUT2D eigenvalue weighted by molar-refractivity contribution is 5.92. The summed E-state index contributed by atoms with van der Waals surface area (Å²) < 4.78 is 26.7. The van der Waals surface area contributed by atoms with Gasteiger partial charge in [-0.15, -0.1) is 0 Å². The number of piperazine rings is 1. The summed E-state index contributed by atoms with van der Waals surface area (Å²) in [5.74, 6) is -0.410. The Morgan fingerprint density at radius 2 is 1.96 bits per heavy atom. The van der Waals surface area contributed by atoms with Gasteiger partial charge in [0, 0.05) is 44.9 Å². The molecule has 1 aromatic heterocycles. The van der Waals surface area contributed by atoms with Gasteiger partial charge in [0.15, 0.2) is 5.96 Å². The van der Waals surface area contributed by atoms with Crippen LogP contribution in [0.2, 0.25) is 0 Å². The molecule has 1 saturated heterocycles. The largest absolute Gasteiger partial charge is 0.370 e. The standard InChI is InChI=1S/C19H22F2N6O/c20-14-4-5-15(21)16(13-14)25-19(22)24-8-6-18(28)27-11-9-26(10-12-27)17-3-1-2-7-23-17/h1-5,7,13H,6,8-12H2,(H3,22,24,25). The molecule has 0 atom stereocenters. The summed E-state index contributed by atoms with van der Waals surface area (Å²) in [6.45, 7) is 2.82. The Kier molecular flexibility index (Phi) is 6.36. The first-order chi connectivity index (χ1) is 13.5. The second-order valence-electron chi connectivity index (χ2n) is 6.32. The van der Waals surface area contributed by atoms with E-state index < -0.39 is 11.6 Å². The van der Waals surface area contributed by atoms with E-state index in [2.05, 4.69) is 20.2 Å². The molecular formula is C19H22F2N6O. The van der Waals surface area contributed by atoms with Crippen LogP contribution in [0.1, 0.15) is 6.42 Å². The smallest absolute Gasteiger partial charge is 0.224 e. The number of anilines is 2. The normalized spacial score (nSPS) is 14.9.